The highest BCUT2D eigenvalue weighted by molar-refractivity contribution is 5.92. The van der Waals surface area contributed by atoms with Crippen molar-refractivity contribution in [1.82, 2.24) is 9.97 Å². The molecule has 0 fully saturated rings. The summed E-state index contributed by atoms with van der Waals surface area (Å²) in [5.41, 5.74) is 0.519. The summed E-state index contributed by atoms with van der Waals surface area (Å²) in [6.45, 7) is 1.87. The maximum atomic E-state index is 9.17. The van der Waals surface area contributed by atoms with Gasteiger partial charge in [-0.2, -0.15) is 21.0 Å². The Kier molecular flexibility index (Phi) is 2.86. The van der Waals surface area contributed by atoms with E-state index in [9.17, 15) is 5.26 Å². The van der Waals surface area contributed by atoms with E-state index in [-0.39, 0.29) is 27.8 Å². The van der Waals surface area contributed by atoms with Gasteiger partial charge < -0.3 is 4.98 Å². The molecule has 0 atom stereocenters. The first-order valence-electron chi connectivity index (χ1n) is 5.40. The number of imidazole rings is 1. The van der Waals surface area contributed by atoms with Gasteiger partial charge in [0.2, 0.25) is 0 Å². The van der Waals surface area contributed by atoms with E-state index in [2.05, 4.69) is 9.97 Å². The number of aromatic nitrogens is 2. The fraction of sp³-hybridized carbons (Fsp3) is 0.154. The molecule has 2 rings (SSSR count). The summed E-state index contributed by atoms with van der Waals surface area (Å²) in [4.78, 5) is 7.13. The van der Waals surface area contributed by atoms with Crippen LogP contribution in [0, 0.1) is 45.3 Å². The lowest BCUT2D eigenvalue weighted by Gasteiger charge is -2.01. The molecule has 0 bridgehead atoms. The van der Waals surface area contributed by atoms with Gasteiger partial charge in [-0.3, -0.25) is 0 Å². The fourth-order valence-electron chi connectivity index (χ4n) is 1.89. The summed E-state index contributed by atoms with van der Waals surface area (Å²) in [5, 5.41) is 36.6. The molecule has 0 amide bonds. The summed E-state index contributed by atoms with van der Waals surface area (Å²) in [5.74, 6) is 0.599. The zero-order valence-electron chi connectivity index (χ0n) is 9.94. The monoisotopic (exact) mass is 246 g/mol. The number of fused-ring (bicyclic) bond motifs is 1. The van der Waals surface area contributed by atoms with Crippen LogP contribution in [-0.2, 0) is 6.42 Å². The molecule has 19 heavy (non-hydrogen) atoms. The van der Waals surface area contributed by atoms with Crippen LogP contribution in [0.2, 0.25) is 0 Å². The van der Waals surface area contributed by atoms with Gasteiger partial charge in [-0.1, -0.05) is 6.92 Å². The van der Waals surface area contributed by atoms with E-state index in [4.69, 9.17) is 15.8 Å². The van der Waals surface area contributed by atoms with E-state index in [1.807, 2.05) is 31.2 Å². The van der Waals surface area contributed by atoms with E-state index in [0.717, 1.165) is 0 Å². The third-order valence-corrected chi connectivity index (χ3v) is 2.77. The predicted octanol–water partition coefficient (Wildman–Crippen LogP) is 1.61. The van der Waals surface area contributed by atoms with Crippen molar-refractivity contribution in [3.63, 3.8) is 0 Å². The van der Waals surface area contributed by atoms with Gasteiger partial charge in [-0.05, 0) is 0 Å². The summed E-state index contributed by atoms with van der Waals surface area (Å²) in [6, 6.07) is 7.41. The van der Waals surface area contributed by atoms with Crippen molar-refractivity contribution in [3.8, 4) is 24.3 Å². The minimum absolute atomic E-state index is 0.0315. The lowest BCUT2D eigenvalue weighted by atomic mass is 9.96. The van der Waals surface area contributed by atoms with Crippen LogP contribution in [0.25, 0.3) is 11.0 Å². The highest BCUT2D eigenvalue weighted by Gasteiger charge is 2.22. The first-order valence-corrected chi connectivity index (χ1v) is 5.40. The predicted molar refractivity (Wildman–Crippen MR) is 64.3 cm³/mol. The zero-order chi connectivity index (χ0) is 14.0. The standard InChI is InChI=1S/C13H6N6/c1-2-11-18-12-9(5-16)7(3-14)8(4-15)10(6-17)13(12)19-11/h2H2,1H3,(H,18,19). The lowest BCUT2D eigenvalue weighted by molar-refractivity contribution is 1.000. The van der Waals surface area contributed by atoms with E-state index in [1.165, 1.54) is 0 Å². The molecule has 1 aromatic carbocycles. The number of rotatable bonds is 1. The summed E-state index contributed by atoms with van der Waals surface area (Å²) < 4.78 is 0. The van der Waals surface area contributed by atoms with E-state index >= 15 is 0 Å². The van der Waals surface area contributed by atoms with Crippen LogP contribution in [-0.4, -0.2) is 9.97 Å². The summed E-state index contributed by atoms with van der Waals surface area (Å²) in [7, 11) is 0. The second kappa shape index (κ2) is 4.49. The molecule has 1 N–H and O–H groups in total. The number of benzene rings is 1. The topological polar surface area (TPSA) is 124 Å². The van der Waals surface area contributed by atoms with Gasteiger partial charge in [0.1, 0.15) is 35.6 Å². The maximum Gasteiger partial charge on any atom is 0.109 e. The first-order chi connectivity index (χ1) is 9.21. The molecular formula is C13H6N6. The maximum absolute atomic E-state index is 9.17. The second-order valence-corrected chi connectivity index (χ2v) is 3.71. The number of H-pyrrole nitrogens is 1. The molecule has 1 heterocycles. The molecule has 0 saturated heterocycles. The molecule has 1 aromatic heterocycles. The van der Waals surface area contributed by atoms with Crippen molar-refractivity contribution < 1.29 is 0 Å². The average Bonchev–Trinajstić information content (AvgIpc) is 2.87. The Morgan fingerprint density at radius 3 is 1.89 bits per heavy atom. The molecular weight excluding hydrogens is 240 g/mol. The SMILES string of the molecule is CCc1nc2c(C#N)c(C#N)c(C#N)c(C#N)c2[nH]1. The largest absolute Gasteiger partial charge is 0.341 e. The van der Waals surface area contributed by atoms with Gasteiger partial charge in [-0.25, -0.2) is 4.98 Å². The first kappa shape index (κ1) is 12.1. The lowest BCUT2D eigenvalue weighted by Crippen LogP contribution is -1.97. The Labute approximate surface area is 108 Å². The van der Waals surface area contributed by atoms with Crippen LogP contribution in [0.5, 0.6) is 0 Å². The van der Waals surface area contributed by atoms with E-state index in [0.29, 0.717) is 17.8 Å². The number of nitrogens with one attached hydrogen (secondary N) is 1. The molecule has 6 heteroatoms. The molecule has 0 radical (unpaired) electrons. The van der Waals surface area contributed by atoms with Gasteiger partial charge >= 0.3 is 0 Å². The molecule has 0 aliphatic rings. The minimum atomic E-state index is -0.0943. The number of hydrogen-bond acceptors (Lipinski definition) is 5. The third kappa shape index (κ3) is 1.57. The number of nitriles is 4. The van der Waals surface area contributed by atoms with Crippen LogP contribution in [0.4, 0.5) is 0 Å². The van der Waals surface area contributed by atoms with Crippen LogP contribution in [0.3, 0.4) is 0 Å². The van der Waals surface area contributed by atoms with E-state index < -0.39 is 0 Å². The van der Waals surface area contributed by atoms with E-state index in [1.54, 1.807) is 0 Å². The van der Waals surface area contributed by atoms with Crippen LogP contribution in [0.1, 0.15) is 35.0 Å². The van der Waals surface area contributed by atoms with Crippen molar-refractivity contribution in [2.24, 2.45) is 0 Å². The smallest absolute Gasteiger partial charge is 0.109 e. The van der Waals surface area contributed by atoms with Gasteiger partial charge in [0.25, 0.3) is 0 Å². The molecule has 0 spiro atoms. The van der Waals surface area contributed by atoms with Crippen molar-refractivity contribution >= 4 is 11.0 Å². The Morgan fingerprint density at radius 1 is 0.895 bits per heavy atom. The zero-order valence-corrected chi connectivity index (χ0v) is 9.94. The number of aromatic amines is 1. The summed E-state index contributed by atoms with van der Waals surface area (Å²) in [6.07, 6.45) is 0.591. The number of aryl methyl sites for hydroxylation is 1. The molecule has 88 valence electrons. The molecule has 0 aliphatic carbocycles. The Hall–Kier alpha value is -3.35. The Morgan fingerprint density at radius 2 is 1.42 bits per heavy atom. The quantitative estimate of drug-likeness (QED) is 0.818. The van der Waals surface area contributed by atoms with Crippen LogP contribution < -0.4 is 0 Å². The molecule has 0 saturated carbocycles. The Bertz CT molecular complexity index is 776. The van der Waals surface area contributed by atoms with Crippen molar-refractivity contribution in [1.29, 1.82) is 21.0 Å². The fourth-order valence-corrected chi connectivity index (χ4v) is 1.89. The molecule has 6 nitrogen and oxygen atoms in total. The van der Waals surface area contributed by atoms with Gasteiger partial charge in [0, 0.05) is 6.42 Å². The average molecular weight is 246 g/mol. The van der Waals surface area contributed by atoms with Crippen LogP contribution in [0.15, 0.2) is 0 Å². The highest BCUT2D eigenvalue weighted by atomic mass is 14.9. The van der Waals surface area contributed by atoms with Gasteiger partial charge in [0.05, 0.1) is 27.8 Å². The molecule has 2 aromatic rings. The number of nitrogens with zero attached hydrogens (tertiary/aromatic N) is 5. The third-order valence-electron chi connectivity index (χ3n) is 2.77. The Balaban J connectivity index is 3.13. The molecule has 0 aliphatic heterocycles. The molecule has 0 unspecified atom stereocenters. The minimum Gasteiger partial charge on any atom is -0.341 e. The van der Waals surface area contributed by atoms with Crippen molar-refractivity contribution in [2.45, 2.75) is 13.3 Å². The second-order valence-electron chi connectivity index (χ2n) is 3.71. The van der Waals surface area contributed by atoms with Crippen LogP contribution >= 0.6 is 0 Å². The summed E-state index contributed by atoms with van der Waals surface area (Å²) >= 11 is 0. The van der Waals surface area contributed by atoms with Gasteiger partial charge in [0.15, 0.2) is 0 Å². The number of hydrogen-bond donors (Lipinski definition) is 1. The normalized spacial score (nSPS) is 9.32. The van der Waals surface area contributed by atoms with Crippen molar-refractivity contribution in [2.75, 3.05) is 0 Å². The van der Waals surface area contributed by atoms with Gasteiger partial charge in [-0.15, -0.1) is 0 Å². The highest BCUT2D eigenvalue weighted by Crippen LogP contribution is 2.28. The van der Waals surface area contributed by atoms with Crippen molar-refractivity contribution in [3.05, 3.63) is 28.1 Å².